The van der Waals surface area contributed by atoms with Gasteiger partial charge in [0.25, 0.3) is 0 Å². The molecule has 3 fully saturated rings. The minimum atomic E-state index is -1.83. The Bertz CT molecular complexity index is 803. The summed E-state index contributed by atoms with van der Waals surface area (Å²) in [6.07, 6.45) is -20.1. The monoisotopic (exact) mass is 556 g/mol. The van der Waals surface area contributed by atoms with E-state index in [1.165, 1.54) is 6.92 Å². The smallest absolute Gasteiger partial charge is 0.217 e. The van der Waals surface area contributed by atoms with Crippen LogP contribution in [0.4, 0.5) is 0 Å². The van der Waals surface area contributed by atoms with Crippen LogP contribution in [0, 0.1) is 0 Å². The molecule has 10 N–H and O–H groups in total. The third-order valence-corrected chi connectivity index (χ3v) is 6.52. The third-order valence-electron chi connectivity index (χ3n) is 6.52. The summed E-state index contributed by atoms with van der Waals surface area (Å²) in [5.41, 5.74) is 0. The maximum atomic E-state index is 11.9. The average molecular weight is 557 g/mol. The SMILES string of the molecule is CC(=O)NC[C@@H]1O[C@H](O[C@@H]2[C@@H](CO)OC(O)[C@@H]2O)[C@H](NC(C)=O)[C@@H](O)[C@@H]1O[C@H]1O[C@H](CO)[C@@H](O)[C@H](O)[C@@H]1O. The summed E-state index contributed by atoms with van der Waals surface area (Å²) in [5, 5.41) is 85.7. The second-order valence-corrected chi connectivity index (χ2v) is 9.33. The van der Waals surface area contributed by atoms with Gasteiger partial charge in [0, 0.05) is 20.4 Å². The lowest BCUT2D eigenvalue weighted by molar-refractivity contribution is -0.349. The van der Waals surface area contributed by atoms with Crippen LogP contribution in [0.2, 0.25) is 0 Å². The van der Waals surface area contributed by atoms with Crippen molar-refractivity contribution in [2.24, 2.45) is 0 Å². The fraction of sp³-hybridized carbons (Fsp3) is 0.905. The lowest BCUT2D eigenvalue weighted by Gasteiger charge is -2.48. The molecule has 17 heteroatoms. The first-order valence-electron chi connectivity index (χ1n) is 12.0. The Labute approximate surface area is 216 Å². The molecule has 1 unspecified atom stereocenters. The molecule has 3 saturated heterocycles. The molecule has 0 aromatic heterocycles. The van der Waals surface area contributed by atoms with Gasteiger partial charge in [-0.25, -0.2) is 0 Å². The maximum absolute atomic E-state index is 11.9. The normalized spacial score (nSPS) is 45.5. The number of hydrogen-bond acceptors (Lipinski definition) is 15. The first-order valence-corrected chi connectivity index (χ1v) is 12.0. The van der Waals surface area contributed by atoms with Gasteiger partial charge in [0.15, 0.2) is 18.9 Å². The van der Waals surface area contributed by atoms with Crippen molar-refractivity contribution in [2.45, 2.75) is 99.8 Å². The van der Waals surface area contributed by atoms with E-state index < -0.39 is 111 Å². The Hall–Kier alpha value is -1.58. The van der Waals surface area contributed by atoms with E-state index in [9.17, 15) is 50.4 Å². The van der Waals surface area contributed by atoms with Crippen molar-refractivity contribution in [3.8, 4) is 0 Å². The van der Waals surface area contributed by atoms with Crippen molar-refractivity contribution >= 4 is 11.8 Å². The number of aliphatic hydroxyl groups excluding tert-OH is 8. The van der Waals surface area contributed by atoms with E-state index in [4.69, 9.17) is 23.7 Å². The van der Waals surface area contributed by atoms with Crippen LogP contribution in [0.5, 0.6) is 0 Å². The van der Waals surface area contributed by atoms with Gasteiger partial charge in [-0.05, 0) is 0 Å². The van der Waals surface area contributed by atoms with Crippen LogP contribution in [-0.2, 0) is 33.3 Å². The summed E-state index contributed by atoms with van der Waals surface area (Å²) in [6.45, 7) is 0.653. The molecule has 0 saturated carbocycles. The van der Waals surface area contributed by atoms with Crippen molar-refractivity contribution in [3.05, 3.63) is 0 Å². The van der Waals surface area contributed by atoms with Gasteiger partial charge < -0.3 is 75.2 Å². The zero-order valence-corrected chi connectivity index (χ0v) is 20.6. The van der Waals surface area contributed by atoms with Gasteiger partial charge in [0.2, 0.25) is 11.8 Å². The molecule has 3 aliphatic rings. The third kappa shape index (κ3) is 6.76. The molecule has 0 aliphatic carbocycles. The number of carbonyl (C=O) groups is 2. The minimum absolute atomic E-state index is 0.295. The number of nitrogens with one attached hydrogen (secondary N) is 2. The second kappa shape index (κ2) is 13.2. The van der Waals surface area contributed by atoms with Crippen LogP contribution in [0.3, 0.4) is 0 Å². The van der Waals surface area contributed by atoms with Crippen molar-refractivity contribution in [2.75, 3.05) is 19.8 Å². The van der Waals surface area contributed by atoms with Crippen LogP contribution >= 0.6 is 0 Å². The van der Waals surface area contributed by atoms with Crippen LogP contribution in [0.1, 0.15) is 13.8 Å². The number of carbonyl (C=O) groups excluding carboxylic acids is 2. The van der Waals surface area contributed by atoms with Gasteiger partial charge in [0.1, 0.15) is 67.1 Å². The second-order valence-electron chi connectivity index (χ2n) is 9.33. The summed E-state index contributed by atoms with van der Waals surface area (Å²) in [7, 11) is 0. The van der Waals surface area contributed by atoms with Crippen molar-refractivity contribution in [1.82, 2.24) is 10.6 Å². The molecular formula is C21H36N2O15. The highest BCUT2D eigenvalue weighted by molar-refractivity contribution is 5.73. The average Bonchev–Trinajstić information content (AvgIpc) is 3.14. The number of rotatable bonds is 9. The van der Waals surface area contributed by atoms with Gasteiger partial charge >= 0.3 is 0 Å². The predicted octanol–water partition coefficient (Wildman–Crippen LogP) is -6.65. The standard InChI is InChI=1S/C21H36N2O15/c1-6(26)22-3-8-17(38-21-15(31)14(30)12(28)9(4-24)36-21)13(29)11(23-7(2)27)20(35-8)37-18-10(5-25)34-19(33)16(18)32/h8-21,24-25,28-33H,3-5H2,1-2H3,(H,22,26)(H,23,27)/t8-,9+,10+,11+,12+,13+,14-,15-,16+,17+,18+,19?,20+,21+/m0/s1. The zero-order chi connectivity index (χ0) is 28.3. The van der Waals surface area contributed by atoms with Crippen molar-refractivity contribution in [1.29, 1.82) is 0 Å². The summed E-state index contributed by atoms with van der Waals surface area (Å²) in [5.74, 6) is -1.13. The first-order chi connectivity index (χ1) is 17.9. The van der Waals surface area contributed by atoms with Gasteiger partial charge in [-0.1, -0.05) is 0 Å². The van der Waals surface area contributed by atoms with E-state index >= 15 is 0 Å². The van der Waals surface area contributed by atoms with Crippen LogP contribution < -0.4 is 10.6 Å². The van der Waals surface area contributed by atoms with E-state index in [1.807, 2.05) is 0 Å². The number of aliphatic hydroxyl groups is 8. The van der Waals surface area contributed by atoms with Crippen molar-refractivity contribution in [3.63, 3.8) is 0 Å². The van der Waals surface area contributed by atoms with Gasteiger partial charge in [0.05, 0.1) is 13.2 Å². The van der Waals surface area contributed by atoms with Crippen molar-refractivity contribution < 1.29 is 74.1 Å². The number of ether oxygens (including phenoxy) is 5. The fourth-order valence-corrected chi connectivity index (χ4v) is 4.53. The Kier molecular flexibility index (Phi) is 10.7. The summed E-state index contributed by atoms with van der Waals surface area (Å²) < 4.78 is 27.7. The lowest BCUT2D eigenvalue weighted by Crippen LogP contribution is -2.68. The highest BCUT2D eigenvalue weighted by Gasteiger charge is 2.53. The quantitative estimate of drug-likeness (QED) is 0.126. The molecule has 0 spiro atoms. The van der Waals surface area contributed by atoms with E-state index in [1.54, 1.807) is 0 Å². The highest BCUT2D eigenvalue weighted by atomic mass is 16.7. The molecule has 3 aliphatic heterocycles. The molecule has 3 rings (SSSR count). The van der Waals surface area contributed by atoms with Crippen LogP contribution in [0.25, 0.3) is 0 Å². The Morgan fingerprint density at radius 2 is 1.26 bits per heavy atom. The maximum Gasteiger partial charge on any atom is 0.217 e. The Morgan fingerprint density at radius 3 is 1.84 bits per heavy atom. The Morgan fingerprint density at radius 1 is 0.684 bits per heavy atom. The fourth-order valence-electron chi connectivity index (χ4n) is 4.53. The molecule has 3 heterocycles. The van der Waals surface area contributed by atoms with Crippen LogP contribution in [-0.4, -0.2) is 158 Å². The first kappa shape index (κ1) is 31.0. The summed E-state index contributed by atoms with van der Waals surface area (Å²) in [4.78, 5) is 23.5. The molecule has 2 amide bonds. The van der Waals surface area contributed by atoms with Gasteiger partial charge in [-0.2, -0.15) is 0 Å². The molecule has 0 aromatic carbocycles. The summed E-state index contributed by atoms with van der Waals surface area (Å²) in [6, 6.07) is -1.40. The molecule has 0 bridgehead atoms. The lowest BCUT2D eigenvalue weighted by atomic mass is 9.94. The van der Waals surface area contributed by atoms with Crippen LogP contribution in [0.15, 0.2) is 0 Å². The zero-order valence-electron chi connectivity index (χ0n) is 20.6. The van der Waals surface area contributed by atoms with E-state index in [0.29, 0.717) is 0 Å². The van der Waals surface area contributed by atoms with Gasteiger partial charge in [-0.3, -0.25) is 9.59 Å². The number of amides is 2. The minimum Gasteiger partial charge on any atom is -0.394 e. The van der Waals surface area contributed by atoms with E-state index in [0.717, 1.165) is 6.92 Å². The topological polar surface area (TPSA) is 266 Å². The number of hydrogen-bond donors (Lipinski definition) is 10. The molecule has 14 atom stereocenters. The van der Waals surface area contributed by atoms with E-state index in [-0.39, 0.29) is 6.54 Å². The summed E-state index contributed by atoms with van der Waals surface area (Å²) >= 11 is 0. The molecular weight excluding hydrogens is 520 g/mol. The molecule has 0 radical (unpaired) electrons. The molecule has 0 aromatic rings. The molecule has 220 valence electrons. The molecule has 17 nitrogen and oxygen atoms in total. The largest absolute Gasteiger partial charge is 0.394 e. The predicted molar refractivity (Wildman–Crippen MR) is 118 cm³/mol. The Balaban J connectivity index is 1.88. The molecule has 38 heavy (non-hydrogen) atoms. The highest BCUT2D eigenvalue weighted by Crippen LogP contribution is 2.32. The van der Waals surface area contributed by atoms with Gasteiger partial charge in [-0.15, -0.1) is 0 Å². The van der Waals surface area contributed by atoms with E-state index in [2.05, 4.69) is 10.6 Å².